The van der Waals surface area contributed by atoms with E-state index in [0.29, 0.717) is 5.92 Å². The number of hydrogen-bond donors (Lipinski definition) is 2. The van der Waals surface area contributed by atoms with Crippen molar-refractivity contribution >= 4 is 11.6 Å². The van der Waals surface area contributed by atoms with Gasteiger partial charge in [0.2, 0.25) is 0 Å². The predicted molar refractivity (Wildman–Crippen MR) is 59.8 cm³/mol. The van der Waals surface area contributed by atoms with Gasteiger partial charge in [-0.05, 0) is 30.3 Å². The average Bonchev–Trinajstić information content (AvgIpc) is 2.18. The smallest absolute Gasteiger partial charge is 0.0409 e. The summed E-state index contributed by atoms with van der Waals surface area (Å²) < 4.78 is 0. The van der Waals surface area contributed by atoms with Gasteiger partial charge in [-0.15, -0.1) is 0 Å². The standard InChI is InChI=1S/C11H15ClN2/c1-13-5-9-7-14-6-8-4-10(12)2-3-11(8)9/h2-4,9,13-14H,5-7H2,1H3. The van der Waals surface area contributed by atoms with Crippen molar-refractivity contribution in [2.24, 2.45) is 0 Å². The van der Waals surface area contributed by atoms with Crippen molar-refractivity contribution in [3.63, 3.8) is 0 Å². The second kappa shape index (κ2) is 4.30. The summed E-state index contributed by atoms with van der Waals surface area (Å²) in [5, 5.41) is 7.45. The van der Waals surface area contributed by atoms with Gasteiger partial charge >= 0.3 is 0 Å². The van der Waals surface area contributed by atoms with E-state index in [1.807, 2.05) is 13.1 Å². The molecule has 1 aromatic rings. The van der Waals surface area contributed by atoms with E-state index in [0.717, 1.165) is 24.7 Å². The maximum absolute atomic E-state index is 5.96. The number of fused-ring (bicyclic) bond motifs is 1. The van der Waals surface area contributed by atoms with E-state index in [9.17, 15) is 0 Å². The zero-order valence-corrected chi connectivity index (χ0v) is 9.06. The lowest BCUT2D eigenvalue weighted by atomic mass is 9.91. The van der Waals surface area contributed by atoms with Crippen LogP contribution in [-0.2, 0) is 6.54 Å². The van der Waals surface area contributed by atoms with Crippen molar-refractivity contribution in [1.29, 1.82) is 0 Å². The molecule has 1 aliphatic heterocycles. The molecule has 1 atom stereocenters. The molecule has 0 fully saturated rings. The van der Waals surface area contributed by atoms with Crippen LogP contribution in [0.25, 0.3) is 0 Å². The van der Waals surface area contributed by atoms with Crippen LogP contribution in [0.3, 0.4) is 0 Å². The van der Waals surface area contributed by atoms with Crippen molar-refractivity contribution in [3.8, 4) is 0 Å². The van der Waals surface area contributed by atoms with Gasteiger partial charge in [0.15, 0.2) is 0 Å². The normalized spacial score (nSPS) is 20.6. The molecule has 0 bridgehead atoms. The Morgan fingerprint density at radius 3 is 3.21 bits per heavy atom. The van der Waals surface area contributed by atoms with Gasteiger partial charge < -0.3 is 10.6 Å². The Morgan fingerprint density at radius 2 is 2.43 bits per heavy atom. The summed E-state index contributed by atoms with van der Waals surface area (Å²) in [6.07, 6.45) is 0. The lowest BCUT2D eigenvalue weighted by molar-refractivity contribution is 0.521. The Labute approximate surface area is 89.7 Å². The van der Waals surface area contributed by atoms with Crippen LogP contribution < -0.4 is 10.6 Å². The molecule has 0 aliphatic carbocycles. The molecule has 76 valence electrons. The quantitative estimate of drug-likeness (QED) is 0.777. The fourth-order valence-electron chi connectivity index (χ4n) is 2.05. The summed E-state index contributed by atoms with van der Waals surface area (Å²) in [5.41, 5.74) is 2.77. The number of halogens is 1. The van der Waals surface area contributed by atoms with Crippen molar-refractivity contribution in [2.75, 3.05) is 20.1 Å². The molecule has 0 saturated heterocycles. The molecule has 1 aromatic carbocycles. The number of likely N-dealkylation sites (N-methyl/N-ethyl adjacent to an activating group) is 1. The maximum Gasteiger partial charge on any atom is 0.0409 e. The first-order chi connectivity index (χ1) is 6.81. The zero-order chi connectivity index (χ0) is 9.97. The maximum atomic E-state index is 5.96. The van der Waals surface area contributed by atoms with E-state index in [1.54, 1.807) is 0 Å². The minimum Gasteiger partial charge on any atom is -0.319 e. The third-order valence-corrected chi connectivity index (χ3v) is 2.94. The Bertz CT molecular complexity index is 325. The summed E-state index contributed by atoms with van der Waals surface area (Å²) in [6.45, 7) is 3.01. The fraction of sp³-hybridized carbons (Fsp3) is 0.455. The average molecular weight is 211 g/mol. The molecule has 0 spiro atoms. The molecule has 0 amide bonds. The molecule has 14 heavy (non-hydrogen) atoms. The van der Waals surface area contributed by atoms with E-state index in [4.69, 9.17) is 11.6 Å². The summed E-state index contributed by atoms with van der Waals surface area (Å²) in [4.78, 5) is 0. The zero-order valence-electron chi connectivity index (χ0n) is 8.31. The summed E-state index contributed by atoms with van der Waals surface area (Å²) in [6, 6.07) is 6.20. The van der Waals surface area contributed by atoms with E-state index in [1.165, 1.54) is 11.1 Å². The second-order valence-electron chi connectivity index (χ2n) is 3.73. The largest absolute Gasteiger partial charge is 0.319 e. The summed E-state index contributed by atoms with van der Waals surface area (Å²) in [5.74, 6) is 0.570. The highest BCUT2D eigenvalue weighted by molar-refractivity contribution is 6.30. The molecule has 1 unspecified atom stereocenters. The molecular weight excluding hydrogens is 196 g/mol. The van der Waals surface area contributed by atoms with Gasteiger partial charge in [0.1, 0.15) is 0 Å². The monoisotopic (exact) mass is 210 g/mol. The molecule has 0 radical (unpaired) electrons. The molecule has 1 heterocycles. The van der Waals surface area contributed by atoms with Gasteiger partial charge in [0.05, 0.1) is 0 Å². The molecule has 1 aliphatic rings. The molecule has 2 N–H and O–H groups in total. The van der Waals surface area contributed by atoms with Crippen molar-refractivity contribution in [1.82, 2.24) is 10.6 Å². The number of hydrogen-bond acceptors (Lipinski definition) is 2. The van der Waals surface area contributed by atoms with E-state index in [2.05, 4.69) is 22.8 Å². The molecule has 0 saturated carbocycles. The highest BCUT2D eigenvalue weighted by atomic mass is 35.5. The van der Waals surface area contributed by atoms with Gasteiger partial charge in [0, 0.05) is 30.6 Å². The highest BCUT2D eigenvalue weighted by Crippen LogP contribution is 2.25. The van der Waals surface area contributed by atoms with Gasteiger partial charge in [-0.1, -0.05) is 17.7 Å². The Morgan fingerprint density at radius 1 is 1.57 bits per heavy atom. The molecule has 0 aromatic heterocycles. The lowest BCUT2D eigenvalue weighted by Gasteiger charge is -2.26. The van der Waals surface area contributed by atoms with Gasteiger partial charge in [-0.3, -0.25) is 0 Å². The van der Waals surface area contributed by atoms with Crippen LogP contribution in [0.15, 0.2) is 18.2 Å². The SMILES string of the molecule is CNCC1CNCc2cc(Cl)ccc21. The Hall–Kier alpha value is -0.570. The van der Waals surface area contributed by atoms with Gasteiger partial charge in [-0.2, -0.15) is 0 Å². The Kier molecular flexibility index (Phi) is 3.06. The summed E-state index contributed by atoms with van der Waals surface area (Å²) in [7, 11) is 1.99. The molecular formula is C11H15ClN2. The first-order valence-electron chi connectivity index (χ1n) is 4.95. The first-order valence-corrected chi connectivity index (χ1v) is 5.32. The van der Waals surface area contributed by atoms with Crippen molar-refractivity contribution in [2.45, 2.75) is 12.5 Å². The lowest BCUT2D eigenvalue weighted by Crippen LogP contribution is -2.33. The second-order valence-corrected chi connectivity index (χ2v) is 4.17. The predicted octanol–water partition coefficient (Wildman–Crippen LogP) is 1.75. The third kappa shape index (κ3) is 1.92. The van der Waals surface area contributed by atoms with Crippen LogP contribution >= 0.6 is 11.6 Å². The topological polar surface area (TPSA) is 24.1 Å². The minimum atomic E-state index is 0.570. The van der Waals surface area contributed by atoms with Crippen LogP contribution in [0.5, 0.6) is 0 Å². The molecule has 3 heteroatoms. The molecule has 2 rings (SSSR count). The molecule has 2 nitrogen and oxygen atoms in total. The third-order valence-electron chi connectivity index (χ3n) is 2.70. The number of nitrogens with one attached hydrogen (secondary N) is 2. The number of rotatable bonds is 2. The van der Waals surface area contributed by atoms with Gasteiger partial charge in [0.25, 0.3) is 0 Å². The van der Waals surface area contributed by atoms with Crippen LogP contribution in [-0.4, -0.2) is 20.1 Å². The van der Waals surface area contributed by atoms with E-state index >= 15 is 0 Å². The van der Waals surface area contributed by atoms with Crippen LogP contribution in [0.1, 0.15) is 17.0 Å². The van der Waals surface area contributed by atoms with E-state index in [-0.39, 0.29) is 0 Å². The Balaban J connectivity index is 2.30. The van der Waals surface area contributed by atoms with Crippen LogP contribution in [0, 0.1) is 0 Å². The van der Waals surface area contributed by atoms with Crippen LogP contribution in [0.2, 0.25) is 5.02 Å². The van der Waals surface area contributed by atoms with Crippen LogP contribution in [0.4, 0.5) is 0 Å². The summed E-state index contributed by atoms with van der Waals surface area (Å²) >= 11 is 5.96. The first kappa shape index (κ1) is 9.97. The highest BCUT2D eigenvalue weighted by Gasteiger charge is 2.18. The van der Waals surface area contributed by atoms with E-state index < -0.39 is 0 Å². The minimum absolute atomic E-state index is 0.570. The number of benzene rings is 1. The van der Waals surface area contributed by atoms with Crippen molar-refractivity contribution < 1.29 is 0 Å². The van der Waals surface area contributed by atoms with Crippen molar-refractivity contribution in [3.05, 3.63) is 34.3 Å². The fourth-order valence-corrected chi connectivity index (χ4v) is 2.24. The van der Waals surface area contributed by atoms with Gasteiger partial charge in [-0.25, -0.2) is 0 Å².